The van der Waals surface area contributed by atoms with Crippen molar-refractivity contribution in [3.05, 3.63) is 52.5 Å². The van der Waals surface area contributed by atoms with E-state index in [-0.39, 0.29) is 72.0 Å². The third-order valence-corrected chi connectivity index (χ3v) is 13.4. The van der Waals surface area contributed by atoms with Gasteiger partial charge in [-0.25, -0.2) is 10.9 Å². The van der Waals surface area contributed by atoms with Gasteiger partial charge in [0.2, 0.25) is 11.8 Å². The Kier molecular flexibility index (Phi) is 20.6. The number of aromatic nitrogens is 1. The van der Waals surface area contributed by atoms with Gasteiger partial charge in [0.05, 0.1) is 48.4 Å². The number of methoxy groups -OCH3 is 2. The lowest BCUT2D eigenvalue weighted by molar-refractivity contribution is -0.149. The summed E-state index contributed by atoms with van der Waals surface area (Å²) in [6.45, 7) is 15.4. The second kappa shape index (κ2) is 24.3. The molecule has 0 radical (unpaired) electrons. The zero-order chi connectivity index (χ0) is 43.1. The van der Waals surface area contributed by atoms with Gasteiger partial charge < -0.3 is 24.1 Å². The van der Waals surface area contributed by atoms with Gasteiger partial charge in [-0.2, -0.15) is 0 Å². The molecular weight excluding hydrogens is 755 g/mol. The first kappa shape index (κ1) is 49.3. The molecule has 2 N–H and O–H groups in total. The molecule has 58 heavy (non-hydrogen) atoms. The fraction of sp³-hybridized carbons (Fsp3) is 0.711. The van der Waals surface area contributed by atoms with E-state index in [1.54, 1.807) is 43.7 Å². The van der Waals surface area contributed by atoms with Crippen LogP contribution >= 0.6 is 11.3 Å². The standard InChI is InChI=1S/C45H73N5O7S/c1-12-31(6)42(49(9)45(54)35(29(2)3)27-38(52)41(30(4)5)48(8)22-23-57-46)39(55-10)28-40(53)50-21-16-19-36(50)43(56-11)32(7)37(51)26-34(44-47-20-24-58-44)25-33-17-14-13-15-18-33/h13-15,17-18,20,24,29-32,34-36,39,41-43H,12,16,19,21-23,25-28,46H2,1-11H3/t31-,32-,34+,35-,36-,39+,41-,42-,43+/m0/s1. The highest BCUT2D eigenvalue weighted by atomic mass is 32.1. The Bertz CT molecular complexity index is 1540. The van der Waals surface area contributed by atoms with Crippen molar-refractivity contribution in [3.8, 4) is 0 Å². The number of rotatable bonds is 26. The second-order valence-corrected chi connectivity index (χ2v) is 18.0. The molecule has 9 atom stereocenters. The lowest BCUT2D eigenvalue weighted by Gasteiger charge is -2.41. The normalized spacial score (nSPS) is 18.8. The highest BCUT2D eigenvalue weighted by Crippen LogP contribution is 2.33. The first-order chi connectivity index (χ1) is 27.6. The number of Topliss-reactive ketones (excluding diaryl/α,β-unsaturated/α-hetero) is 2. The van der Waals surface area contributed by atoms with Crippen molar-refractivity contribution in [1.29, 1.82) is 0 Å². The Morgan fingerprint density at radius 3 is 2.19 bits per heavy atom. The number of likely N-dealkylation sites (tertiary alicyclic amines) is 1. The van der Waals surface area contributed by atoms with Gasteiger partial charge in [-0.1, -0.05) is 85.2 Å². The van der Waals surface area contributed by atoms with Crippen molar-refractivity contribution in [2.24, 2.45) is 35.5 Å². The molecule has 1 aliphatic rings. The summed E-state index contributed by atoms with van der Waals surface area (Å²) in [6.07, 6.45) is 4.19. The first-order valence-electron chi connectivity index (χ1n) is 21.2. The number of nitrogens with zero attached hydrogens (tertiary/aromatic N) is 4. The zero-order valence-corrected chi connectivity index (χ0v) is 37.9. The van der Waals surface area contributed by atoms with Gasteiger partial charge in [0.1, 0.15) is 5.78 Å². The molecule has 0 saturated carbocycles. The molecule has 13 heteroatoms. The van der Waals surface area contributed by atoms with Crippen LogP contribution in [0.1, 0.15) is 103 Å². The maximum Gasteiger partial charge on any atom is 0.226 e. The smallest absolute Gasteiger partial charge is 0.226 e. The highest BCUT2D eigenvalue weighted by Gasteiger charge is 2.43. The van der Waals surface area contributed by atoms with E-state index >= 15 is 0 Å². The van der Waals surface area contributed by atoms with E-state index in [0.717, 1.165) is 29.8 Å². The maximum atomic E-state index is 14.5. The predicted octanol–water partition coefficient (Wildman–Crippen LogP) is 6.43. The van der Waals surface area contributed by atoms with E-state index in [0.29, 0.717) is 32.5 Å². The molecule has 1 saturated heterocycles. The lowest BCUT2D eigenvalue weighted by atomic mass is 9.83. The van der Waals surface area contributed by atoms with Crippen molar-refractivity contribution in [3.63, 3.8) is 0 Å². The average molecular weight is 828 g/mol. The van der Waals surface area contributed by atoms with Crippen LogP contribution in [0.3, 0.4) is 0 Å². The fourth-order valence-corrected chi connectivity index (χ4v) is 9.76. The Labute approximate surface area is 352 Å². The Morgan fingerprint density at radius 1 is 0.948 bits per heavy atom. The monoisotopic (exact) mass is 828 g/mol. The summed E-state index contributed by atoms with van der Waals surface area (Å²) >= 11 is 1.57. The van der Waals surface area contributed by atoms with Crippen LogP contribution in [0.4, 0.5) is 0 Å². The van der Waals surface area contributed by atoms with Crippen LogP contribution in [0.15, 0.2) is 41.9 Å². The maximum absolute atomic E-state index is 14.5. The zero-order valence-electron chi connectivity index (χ0n) is 37.1. The van der Waals surface area contributed by atoms with Crippen LogP contribution in [0.5, 0.6) is 0 Å². The molecule has 1 aromatic heterocycles. The molecule has 1 fully saturated rings. The Hall–Kier alpha value is -3.07. The molecule has 0 aliphatic carbocycles. The third kappa shape index (κ3) is 13.2. The van der Waals surface area contributed by atoms with Gasteiger partial charge in [0, 0.05) is 76.5 Å². The molecule has 2 aromatic rings. The number of thiazole rings is 1. The van der Waals surface area contributed by atoms with E-state index in [1.165, 1.54) is 0 Å². The SMILES string of the molecule is CC[C@H](C)[C@@H]([C@@H](CC(=O)N1CCC[C@H]1[C@H](OC)[C@@H](C)C(=O)C[C@@H](Cc1ccccc1)c1nccs1)OC)N(C)C(=O)[C@@H](CC(=O)[C@H](C(C)C)N(C)CCON)C(C)C. The molecule has 0 spiro atoms. The predicted molar refractivity (Wildman–Crippen MR) is 230 cm³/mol. The van der Waals surface area contributed by atoms with Crippen LogP contribution < -0.4 is 5.90 Å². The van der Waals surface area contributed by atoms with Gasteiger partial charge in [0.25, 0.3) is 0 Å². The highest BCUT2D eigenvalue weighted by molar-refractivity contribution is 7.09. The quantitative estimate of drug-likeness (QED) is 0.106. The van der Waals surface area contributed by atoms with Gasteiger partial charge in [-0.05, 0) is 49.6 Å². The van der Waals surface area contributed by atoms with E-state index in [9.17, 15) is 19.2 Å². The van der Waals surface area contributed by atoms with Gasteiger partial charge in [-0.15, -0.1) is 11.3 Å². The molecule has 2 amide bonds. The molecule has 12 nitrogen and oxygen atoms in total. The van der Waals surface area contributed by atoms with Gasteiger partial charge >= 0.3 is 0 Å². The Morgan fingerprint density at radius 2 is 1.64 bits per heavy atom. The van der Waals surface area contributed by atoms with Crippen molar-refractivity contribution in [1.82, 2.24) is 19.7 Å². The summed E-state index contributed by atoms with van der Waals surface area (Å²) in [7, 11) is 6.88. The summed E-state index contributed by atoms with van der Waals surface area (Å²) in [5.41, 5.74) is 1.15. The van der Waals surface area contributed by atoms with Crippen molar-refractivity contribution >= 4 is 34.7 Å². The van der Waals surface area contributed by atoms with E-state index in [1.807, 2.05) is 75.0 Å². The molecule has 3 rings (SSSR count). The van der Waals surface area contributed by atoms with Crippen molar-refractivity contribution < 1.29 is 33.5 Å². The molecule has 0 bridgehead atoms. The summed E-state index contributed by atoms with van der Waals surface area (Å²) < 4.78 is 12.2. The number of ether oxygens (including phenoxy) is 2. The van der Waals surface area contributed by atoms with Crippen molar-refractivity contribution in [2.45, 2.75) is 130 Å². The topological polar surface area (TPSA) is 145 Å². The molecular formula is C45H73N5O7S. The molecule has 326 valence electrons. The number of carbonyl (C=O) groups excluding carboxylic acids is 4. The fourth-order valence-electron chi connectivity index (χ4n) is 9.02. The second-order valence-electron chi connectivity index (χ2n) is 17.1. The average Bonchev–Trinajstić information content (AvgIpc) is 3.92. The summed E-state index contributed by atoms with van der Waals surface area (Å²) in [5.74, 6) is 4.02. The molecule has 0 unspecified atom stereocenters. The lowest BCUT2D eigenvalue weighted by Crippen LogP contribution is -2.54. The summed E-state index contributed by atoms with van der Waals surface area (Å²) in [6, 6.07) is 9.09. The van der Waals surface area contributed by atoms with Crippen LogP contribution in [0.25, 0.3) is 0 Å². The van der Waals surface area contributed by atoms with E-state index in [2.05, 4.69) is 31.0 Å². The van der Waals surface area contributed by atoms with Gasteiger partial charge in [0.15, 0.2) is 5.78 Å². The minimum absolute atomic E-state index is 0.00133. The van der Waals surface area contributed by atoms with Crippen LogP contribution in [0, 0.1) is 29.6 Å². The van der Waals surface area contributed by atoms with Crippen LogP contribution in [-0.4, -0.2) is 121 Å². The molecule has 1 aliphatic heterocycles. The molecule has 2 heterocycles. The number of hydrogen-bond donors (Lipinski definition) is 1. The third-order valence-electron chi connectivity index (χ3n) is 12.5. The first-order valence-corrected chi connectivity index (χ1v) is 22.1. The van der Waals surface area contributed by atoms with Crippen LogP contribution in [0.2, 0.25) is 0 Å². The largest absolute Gasteiger partial charge is 0.379 e. The summed E-state index contributed by atoms with van der Waals surface area (Å²) in [4.78, 5) is 71.7. The number of nitrogens with two attached hydrogens (primary N) is 1. The molecule has 1 aromatic carbocycles. The number of ketones is 2. The minimum Gasteiger partial charge on any atom is -0.379 e. The van der Waals surface area contributed by atoms with Crippen LogP contribution in [-0.2, 0) is 39.9 Å². The van der Waals surface area contributed by atoms with E-state index in [4.69, 9.17) is 20.2 Å². The number of hydrogen-bond acceptors (Lipinski definition) is 11. The minimum atomic E-state index is -0.593. The van der Waals surface area contributed by atoms with Crippen molar-refractivity contribution in [2.75, 3.05) is 48.0 Å². The number of likely N-dealkylation sites (N-methyl/N-ethyl adjacent to an activating group) is 2. The van der Waals surface area contributed by atoms with E-state index < -0.39 is 30.1 Å². The summed E-state index contributed by atoms with van der Waals surface area (Å²) in [5, 5.41) is 2.88. The Balaban J connectivity index is 1.79. The van der Waals surface area contributed by atoms with Gasteiger partial charge in [-0.3, -0.25) is 24.1 Å². The number of benzene rings is 1. The number of amides is 2. The number of carbonyl (C=O) groups is 4.